The number of amides is 2. The number of allylic oxidation sites excluding steroid dienone is 1. The van der Waals surface area contributed by atoms with Crippen LogP contribution < -0.4 is 11.1 Å². The van der Waals surface area contributed by atoms with Gasteiger partial charge in [-0.2, -0.15) is 0 Å². The van der Waals surface area contributed by atoms with Crippen molar-refractivity contribution in [3.05, 3.63) is 34.0 Å². The molecule has 0 radical (unpaired) electrons. The van der Waals surface area contributed by atoms with Crippen LogP contribution in [-0.4, -0.2) is 75.3 Å². The molecule has 0 saturated carbocycles. The Labute approximate surface area is 194 Å². The third-order valence-electron chi connectivity index (χ3n) is 4.30. The highest BCUT2D eigenvalue weighted by atomic mass is 35.5. The Morgan fingerprint density at radius 2 is 2.25 bits per heavy atom. The minimum absolute atomic E-state index is 0.0791. The van der Waals surface area contributed by atoms with Crippen molar-refractivity contribution in [2.75, 3.05) is 25.2 Å². The first-order valence-electron chi connectivity index (χ1n) is 8.75. The third-order valence-corrected chi connectivity index (χ3v) is 6.40. The van der Waals surface area contributed by atoms with E-state index in [1.54, 1.807) is 0 Å². The number of anilines is 1. The molecule has 2 atom stereocenters. The predicted octanol–water partition coefficient (Wildman–Crippen LogP) is 0.110. The number of carboxylic acid groups (broad SMARTS) is 1. The summed E-state index contributed by atoms with van der Waals surface area (Å²) in [5, 5.41) is 16.7. The molecule has 2 aliphatic heterocycles. The van der Waals surface area contributed by atoms with E-state index in [2.05, 4.69) is 20.2 Å². The van der Waals surface area contributed by atoms with Crippen LogP contribution >= 0.6 is 34.7 Å². The average molecular weight is 502 g/mol. The highest BCUT2D eigenvalue weighted by Crippen LogP contribution is 2.40. The molecule has 3 heterocycles. The van der Waals surface area contributed by atoms with Crippen LogP contribution in [0.2, 0.25) is 0 Å². The van der Waals surface area contributed by atoms with Gasteiger partial charge in [-0.3, -0.25) is 14.5 Å². The van der Waals surface area contributed by atoms with Gasteiger partial charge < -0.3 is 25.7 Å². The minimum atomic E-state index is -1.28. The molecule has 1 saturated heterocycles. The van der Waals surface area contributed by atoms with Gasteiger partial charge in [0, 0.05) is 16.7 Å². The van der Waals surface area contributed by atoms with Gasteiger partial charge in [0.15, 0.2) is 10.8 Å². The predicted molar refractivity (Wildman–Crippen MR) is 116 cm³/mol. The van der Waals surface area contributed by atoms with Crippen LogP contribution in [0.5, 0.6) is 0 Å². The summed E-state index contributed by atoms with van der Waals surface area (Å²) in [7, 11) is 1.16. The molecule has 0 bridgehead atoms. The van der Waals surface area contributed by atoms with Gasteiger partial charge in [-0.1, -0.05) is 16.8 Å². The maximum absolute atomic E-state index is 12.9. The first-order chi connectivity index (χ1) is 15.3. The number of thioether (sulfide) groups is 1. The molecule has 1 aromatic rings. The number of hydrogen-bond acceptors (Lipinski definition) is 11. The van der Waals surface area contributed by atoms with E-state index in [1.807, 2.05) is 0 Å². The van der Waals surface area contributed by atoms with Crippen LogP contribution in [0.3, 0.4) is 0 Å². The number of rotatable bonds is 8. The lowest BCUT2D eigenvalue weighted by atomic mass is 10.0. The number of ether oxygens (including phenoxy) is 1. The van der Waals surface area contributed by atoms with Gasteiger partial charge >= 0.3 is 11.9 Å². The Bertz CT molecular complexity index is 1050. The van der Waals surface area contributed by atoms with E-state index in [0.29, 0.717) is 5.57 Å². The van der Waals surface area contributed by atoms with Gasteiger partial charge in [-0.05, 0) is 11.6 Å². The average Bonchev–Trinajstić information content (AvgIpc) is 3.20. The van der Waals surface area contributed by atoms with Gasteiger partial charge in [0.05, 0.1) is 7.11 Å². The van der Waals surface area contributed by atoms with Gasteiger partial charge in [0.2, 0.25) is 6.61 Å². The lowest BCUT2D eigenvalue weighted by molar-refractivity contribution is -0.150. The monoisotopic (exact) mass is 501 g/mol. The first-order valence-corrected chi connectivity index (χ1v) is 11.1. The molecule has 2 amide bonds. The van der Waals surface area contributed by atoms with Crippen LogP contribution in [-0.2, 0) is 28.8 Å². The van der Waals surface area contributed by atoms with Crippen molar-refractivity contribution in [2.45, 2.75) is 11.4 Å². The summed E-state index contributed by atoms with van der Waals surface area (Å²) in [5.41, 5.74) is 6.73. The third kappa shape index (κ3) is 4.71. The van der Waals surface area contributed by atoms with Crippen molar-refractivity contribution >= 4 is 69.3 Å². The summed E-state index contributed by atoms with van der Waals surface area (Å²) in [6.45, 7) is -0.550. The smallest absolute Gasteiger partial charge is 0.352 e. The number of thiazole rings is 1. The van der Waals surface area contributed by atoms with E-state index in [0.717, 1.165) is 23.3 Å². The zero-order chi connectivity index (χ0) is 23.4. The van der Waals surface area contributed by atoms with E-state index in [1.165, 1.54) is 28.8 Å². The number of nitrogens with one attached hydrogen (secondary N) is 1. The number of halogens is 1. The first kappa shape index (κ1) is 23.6. The molecule has 12 nitrogen and oxygen atoms in total. The molecule has 0 aliphatic carbocycles. The maximum atomic E-state index is 12.9. The molecule has 3 rings (SSSR count). The fraction of sp³-hybridized carbons (Fsp3) is 0.294. The molecule has 15 heteroatoms. The van der Waals surface area contributed by atoms with Crippen molar-refractivity contribution in [2.24, 2.45) is 5.16 Å². The number of nitrogens with two attached hydrogens (primary N) is 1. The second kappa shape index (κ2) is 10.0. The largest absolute Gasteiger partial charge is 0.477 e. The van der Waals surface area contributed by atoms with Crippen LogP contribution in [0.15, 0.2) is 33.4 Å². The zero-order valence-electron chi connectivity index (χ0n) is 16.3. The fourth-order valence-corrected chi connectivity index (χ4v) is 4.88. The molecule has 2 aliphatic rings. The number of carbonyl (C=O) groups is 4. The van der Waals surface area contributed by atoms with Crippen molar-refractivity contribution in [3.63, 3.8) is 0 Å². The maximum Gasteiger partial charge on any atom is 0.352 e. The molecule has 170 valence electrons. The van der Waals surface area contributed by atoms with Crippen molar-refractivity contribution in [3.8, 4) is 0 Å². The second-order valence-corrected chi connectivity index (χ2v) is 8.44. The fourth-order valence-electron chi connectivity index (χ4n) is 2.87. The summed E-state index contributed by atoms with van der Waals surface area (Å²) in [6, 6.07) is -1.01. The lowest BCUT2D eigenvalue weighted by Crippen LogP contribution is -2.71. The number of aliphatic carboxylic acids is 1. The van der Waals surface area contributed by atoms with Crippen LogP contribution in [0.25, 0.3) is 0 Å². The Hall–Kier alpha value is -3.10. The van der Waals surface area contributed by atoms with Crippen LogP contribution in [0.1, 0.15) is 5.69 Å². The summed E-state index contributed by atoms with van der Waals surface area (Å²) in [5.74, 6) is -3.15. The molecule has 0 spiro atoms. The van der Waals surface area contributed by atoms with Gasteiger partial charge in [0.25, 0.3) is 11.8 Å². The van der Waals surface area contributed by atoms with E-state index < -0.39 is 41.8 Å². The number of oxime groups is 1. The molecule has 1 aromatic heterocycles. The Balaban J connectivity index is 1.79. The summed E-state index contributed by atoms with van der Waals surface area (Å²) >= 11 is 7.88. The Kier molecular flexibility index (Phi) is 7.37. The second-order valence-electron chi connectivity index (χ2n) is 6.19. The van der Waals surface area contributed by atoms with Crippen molar-refractivity contribution in [1.29, 1.82) is 0 Å². The number of nitrogen functional groups attached to an aromatic ring is 1. The summed E-state index contributed by atoms with van der Waals surface area (Å²) < 4.78 is 4.44. The quantitative estimate of drug-likeness (QED) is 0.192. The molecular formula is C17H16ClN5O7S2. The molecule has 1 fully saturated rings. The number of esters is 1. The van der Waals surface area contributed by atoms with Crippen molar-refractivity contribution in [1.82, 2.24) is 15.2 Å². The molecule has 32 heavy (non-hydrogen) atoms. The number of aromatic nitrogens is 1. The number of nitrogens with zero attached hydrogens (tertiary/aromatic N) is 3. The van der Waals surface area contributed by atoms with E-state index >= 15 is 0 Å². The van der Waals surface area contributed by atoms with Gasteiger partial charge in [-0.25, -0.2) is 14.6 Å². The number of β-lactam (4-membered cyclic amide) rings is 1. The highest BCUT2D eigenvalue weighted by Gasteiger charge is 2.54. The number of carbonyl (C=O) groups excluding carboxylic acids is 3. The summed E-state index contributed by atoms with van der Waals surface area (Å²) in [4.78, 5) is 58.4. The Morgan fingerprint density at radius 3 is 2.84 bits per heavy atom. The number of fused-ring (bicyclic) bond motifs is 1. The van der Waals surface area contributed by atoms with Gasteiger partial charge in [0.1, 0.15) is 22.8 Å². The Morgan fingerprint density at radius 1 is 1.50 bits per heavy atom. The number of hydrogen-bond donors (Lipinski definition) is 3. The van der Waals surface area contributed by atoms with Crippen LogP contribution in [0, 0.1) is 0 Å². The zero-order valence-corrected chi connectivity index (χ0v) is 18.7. The standard InChI is InChI=1S/C17H16ClN5O7S2/c1-29-9(24)4-30-22-10(8-6-32-17(19)20-8)13(25)21-11-14(26)23-12(16(27)28)7(2-3-18)5-31-15(11)23/h2-3,6,11,15H,4-5H2,1H3,(H2,19,20)(H,21,25)(H,27,28)/b3-2+,22-10?/t11?,15-/m1/s1. The van der Waals surface area contributed by atoms with Crippen LogP contribution in [0.4, 0.5) is 5.13 Å². The topological polar surface area (TPSA) is 174 Å². The normalized spacial score (nSPS) is 20.6. The van der Waals surface area contributed by atoms with Gasteiger partial charge in [-0.15, -0.1) is 23.1 Å². The molecule has 1 unspecified atom stereocenters. The lowest BCUT2D eigenvalue weighted by Gasteiger charge is -2.49. The van der Waals surface area contributed by atoms with E-state index in [-0.39, 0.29) is 28.0 Å². The number of methoxy groups -OCH3 is 1. The summed E-state index contributed by atoms with van der Waals surface area (Å²) in [6.07, 6.45) is 1.41. The SMILES string of the molecule is COC(=O)CON=C(C(=O)NC1C(=O)N2C(C(=O)O)=C(/C=C/Cl)CS[C@H]12)c1csc(N)n1. The highest BCUT2D eigenvalue weighted by molar-refractivity contribution is 8.00. The van der Waals surface area contributed by atoms with E-state index in [4.69, 9.17) is 22.2 Å². The molecule has 4 N–H and O–H groups in total. The minimum Gasteiger partial charge on any atom is -0.477 e. The van der Waals surface area contributed by atoms with E-state index in [9.17, 15) is 24.3 Å². The number of carboxylic acids is 1. The molecule has 0 aromatic carbocycles. The van der Waals surface area contributed by atoms with Crippen molar-refractivity contribution < 1.29 is 33.9 Å². The molecular weight excluding hydrogens is 486 g/mol.